The summed E-state index contributed by atoms with van der Waals surface area (Å²) < 4.78 is 36.9. The minimum atomic E-state index is -0.667. The zero-order chi connectivity index (χ0) is 17.4. The molecule has 1 aliphatic rings. The van der Waals surface area contributed by atoms with E-state index < -0.39 is 11.6 Å². The molecule has 1 aromatic carbocycles. The van der Waals surface area contributed by atoms with Gasteiger partial charge in [0.25, 0.3) is 5.89 Å². The highest BCUT2D eigenvalue weighted by atomic mass is 19.1. The van der Waals surface area contributed by atoms with Gasteiger partial charge in [-0.25, -0.2) is 8.78 Å². The number of benzene rings is 1. The standard InChI is InChI=1S/C17H13F2N3O3/c18-12-4-10(5-13(19)7-12)8-22-9-11(6-15(22)23)16-20-17(25-21-16)14-2-1-3-24-14/h1-5,7,11H,6,8-9H2. The number of furan rings is 1. The molecule has 1 saturated heterocycles. The summed E-state index contributed by atoms with van der Waals surface area (Å²) in [6.07, 6.45) is 1.72. The first-order valence-corrected chi connectivity index (χ1v) is 7.69. The van der Waals surface area contributed by atoms with Gasteiger partial charge in [-0.2, -0.15) is 4.98 Å². The Balaban J connectivity index is 1.48. The molecule has 0 aliphatic carbocycles. The quantitative estimate of drug-likeness (QED) is 0.726. The van der Waals surface area contributed by atoms with Gasteiger partial charge in [0.1, 0.15) is 11.6 Å². The van der Waals surface area contributed by atoms with Gasteiger partial charge in [-0.05, 0) is 29.8 Å². The van der Waals surface area contributed by atoms with E-state index in [1.807, 2.05) is 0 Å². The molecule has 25 heavy (non-hydrogen) atoms. The van der Waals surface area contributed by atoms with E-state index in [9.17, 15) is 13.6 Å². The van der Waals surface area contributed by atoms with Crippen LogP contribution in [0.1, 0.15) is 23.7 Å². The molecule has 1 amide bonds. The second-order valence-corrected chi connectivity index (χ2v) is 5.89. The van der Waals surface area contributed by atoms with Crippen molar-refractivity contribution in [2.45, 2.75) is 18.9 Å². The molecule has 0 saturated carbocycles. The number of hydrogen-bond donors (Lipinski definition) is 0. The van der Waals surface area contributed by atoms with Crippen LogP contribution in [0.25, 0.3) is 11.7 Å². The molecule has 128 valence electrons. The van der Waals surface area contributed by atoms with Gasteiger partial charge in [-0.1, -0.05) is 5.16 Å². The summed E-state index contributed by atoms with van der Waals surface area (Å²) in [7, 11) is 0. The largest absolute Gasteiger partial charge is 0.459 e. The van der Waals surface area contributed by atoms with Crippen LogP contribution in [0.15, 0.2) is 45.5 Å². The molecular weight excluding hydrogens is 332 g/mol. The van der Waals surface area contributed by atoms with E-state index in [4.69, 9.17) is 8.94 Å². The highest BCUT2D eigenvalue weighted by Gasteiger charge is 2.34. The summed E-state index contributed by atoms with van der Waals surface area (Å²) in [6.45, 7) is 0.487. The first kappa shape index (κ1) is 15.5. The van der Waals surface area contributed by atoms with Crippen molar-refractivity contribution in [3.8, 4) is 11.7 Å². The third kappa shape index (κ3) is 3.15. The van der Waals surface area contributed by atoms with Crippen molar-refractivity contribution in [3.63, 3.8) is 0 Å². The summed E-state index contributed by atoms with van der Waals surface area (Å²) in [5.74, 6) is -0.586. The van der Waals surface area contributed by atoms with E-state index in [-0.39, 0.29) is 30.7 Å². The van der Waals surface area contributed by atoms with Crippen LogP contribution in [0, 0.1) is 11.6 Å². The van der Waals surface area contributed by atoms with Crippen molar-refractivity contribution in [3.05, 3.63) is 59.6 Å². The summed E-state index contributed by atoms with van der Waals surface area (Å²) in [5.41, 5.74) is 0.399. The lowest BCUT2D eigenvalue weighted by Gasteiger charge is -2.16. The number of carbonyl (C=O) groups is 1. The fourth-order valence-electron chi connectivity index (χ4n) is 2.92. The number of aromatic nitrogens is 2. The third-order valence-electron chi connectivity index (χ3n) is 4.05. The molecule has 0 bridgehead atoms. The Kier molecular flexibility index (Phi) is 3.79. The highest BCUT2D eigenvalue weighted by molar-refractivity contribution is 5.79. The van der Waals surface area contributed by atoms with Crippen LogP contribution in [0.2, 0.25) is 0 Å². The Labute approximate surface area is 141 Å². The van der Waals surface area contributed by atoms with E-state index in [0.717, 1.165) is 6.07 Å². The van der Waals surface area contributed by atoms with Gasteiger partial charge < -0.3 is 13.8 Å². The topological polar surface area (TPSA) is 72.4 Å². The lowest BCUT2D eigenvalue weighted by Crippen LogP contribution is -2.24. The van der Waals surface area contributed by atoms with Gasteiger partial charge in [0, 0.05) is 31.5 Å². The van der Waals surface area contributed by atoms with Crippen molar-refractivity contribution < 1.29 is 22.5 Å². The van der Waals surface area contributed by atoms with Gasteiger partial charge in [0.05, 0.1) is 6.26 Å². The maximum absolute atomic E-state index is 13.3. The predicted molar refractivity (Wildman–Crippen MR) is 81.1 cm³/mol. The van der Waals surface area contributed by atoms with Crippen LogP contribution in [0.5, 0.6) is 0 Å². The van der Waals surface area contributed by atoms with Crippen molar-refractivity contribution >= 4 is 5.91 Å². The zero-order valence-electron chi connectivity index (χ0n) is 13.0. The Morgan fingerprint density at radius 1 is 1.24 bits per heavy atom. The van der Waals surface area contributed by atoms with Crippen LogP contribution >= 0.6 is 0 Å². The van der Waals surface area contributed by atoms with E-state index in [2.05, 4.69) is 10.1 Å². The second kappa shape index (κ2) is 6.12. The molecule has 3 heterocycles. The van der Waals surface area contributed by atoms with Gasteiger partial charge >= 0.3 is 0 Å². The van der Waals surface area contributed by atoms with Gasteiger partial charge in [0.15, 0.2) is 11.6 Å². The van der Waals surface area contributed by atoms with Gasteiger partial charge in [0.2, 0.25) is 5.91 Å². The lowest BCUT2D eigenvalue weighted by molar-refractivity contribution is -0.128. The van der Waals surface area contributed by atoms with Crippen LogP contribution in [0.3, 0.4) is 0 Å². The molecule has 0 N–H and O–H groups in total. The number of likely N-dealkylation sites (tertiary alicyclic amines) is 1. The summed E-state index contributed by atoms with van der Waals surface area (Å²) in [4.78, 5) is 18.0. The minimum Gasteiger partial charge on any atom is -0.459 e. The zero-order valence-corrected chi connectivity index (χ0v) is 13.0. The highest BCUT2D eigenvalue weighted by Crippen LogP contribution is 2.29. The van der Waals surface area contributed by atoms with E-state index >= 15 is 0 Å². The van der Waals surface area contributed by atoms with Crippen LogP contribution in [-0.4, -0.2) is 27.5 Å². The summed E-state index contributed by atoms with van der Waals surface area (Å²) >= 11 is 0. The predicted octanol–water partition coefficient (Wildman–Crippen LogP) is 3.12. The first-order chi connectivity index (χ1) is 12.1. The monoisotopic (exact) mass is 345 g/mol. The minimum absolute atomic E-state index is 0.126. The van der Waals surface area contributed by atoms with Crippen LogP contribution in [0.4, 0.5) is 8.78 Å². The van der Waals surface area contributed by atoms with Crippen LogP contribution < -0.4 is 0 Å². The number of halogens is 2. The maximum Gasteiger partial charge on any atom is 0.293 e. The second-order valence-electron chi connectivity index (χ2n) is 5.89. The first-order valence-electron chi connectivity index (χ1n) is 7.69. The molecule has 0 radical (unpaired) electrons. The van der Waals surface area contributed by atoms with Crippen molar-refractivity contribution in [2.24, 2.45) is 0 Å². The molecule has 0 spiro atoms. The fraction of sp³-hybridized carbons (Fsp3) is 0.235. The molecular formula is C17H13F2N3O3. The van der Waals surface area contributed by atoms with Crippen LogP contribution in [-0.2, 0) is 11.3 Å². The Morgan fingerprint density at radius 2 is 2.04 bits per heavy atom. The average molecular weight is 345 g/mol. The Morgan fingerprint density at radius 3 is 2.76 bits per heavy atom. The molecule has 4 rings (SSSR count). The molecule has 2 aromatic heterocycles. The molecule has 6 nitrogen and oxygen atoms in total. The van der Waals surface area contributed by atoms with E-state index in [0.29, 0.717) is 23.7 Å². The molecule has 8 heteroatoms. The Hall–Kier alpha value is -3.03. The SMILES string of the molecule is O=C1CC(c2noc(-c3ccco3)n2)CN1Cc1cc(F)cc(F)c1. The smallest absolute Gasteiger partial charge is 0.293 e. The maximum atomic E-state index is 13.3. The number of carbonyl (C=O) groups excluding carboxylic acids is 1. The van der Waals surface area contributed by atoms with E-state index in [1.165, 1.54) is 23.3 Å². The number of amides is 1. The number of rotatable bonds is 4. The van der Waals surface area contributed by atoms with Crippen molar-refractivity contribution in [2.75, 3.05) is 6.54 Å². The molecule has 1 unspecified atom stereocenters. The van der Waals surface area contributed by atoms with E-state index in [1.54, 1.807) is 12.1 Å². The lowest BCUT2D eigenvalue weighted by atomic mass is 10.1. The average Bonchev–Trinajstić information content (AvgIpc) is 3.27. The summed E-state index contributed by atoms with van der Waals surface area (Å²) in [6, 6.07) is 6.63. The fourth-order valence-corrected chi connectivity index (χ4v) is 2.92. The van der Waals surface area contributed by atoms with Crippen molar-refractivity contribution in [1.29, 1.82) is 0 Å². The number of nitrogens with zero attached hydrogens (tertiary/aromatic N) is 3. The third-order valence-corrected chi connectivity index (χ3v) is 4.05. The number of hydrogen-bond acceptors (Lipinski definition) is 5. The molecule has 1 aliphatic heterocycles. The normalized spacial score (nSPS) is 17.4. The summed E-state index contributed by atoms with van der Waals surface area (Å²) in [5, 5.41) is 3.91. The van der Waals surface area contributed by atoms with Crippen molar-refractivity contribution in [1.82, 2.24) is 15.0 Å². The molecule has 1 fully saturated rings. The molecule has 3 aromatic rings. The Bertz CT molecular complexity index is 888. The van der Waals surface area contributed by atoms with Gasteiger partial charge in [-0.3, -0.25) is 4.79 Å². The molecule has 1 atom stereocenters. The van der Waals surface area contributed by atoms with Gasteiger partial charge in [-0.15, -0.1) is 0 Å².